The molecule has 0 fully saturated rings. The van der Waals surface area contributed by atoms with Crippen molar-refractivity contribution < 1.29 is 19.8 Å². The SMILES string of the molecule is O=C(O)C[C@H](NC(=O)c1cc(O)n(-c2ccccc2Cl)n1)c1ccccc1Br. The molecule has 0 saturated carbocycles. The summed E-state index contributed by atoms with van der Waals surface area (Å²) in [5.74, 6) is -1.96. The van der Waals surface area contributed by atoms with E-state index in [9.17, 15) is 19.8 Å². The van der Waals surface area contributed by atoms with Gasteiger partial charge in [-0.15, -0.1) is 0 Å². The monoisotopic (exact) mass is 463 g/mol. The first-order chi connectivity index (χ1) is 13.4. The molecule has 9 heteroatoms. The fourth-order valence-corrected chi connectivity index (χ4v) is 3.46. The maximum Gasteiger partial charge on any atom is 0.305 e. The van der Waals surface area contributed by atoms with Crippen LogP contribution in [0.15, 0.2) is 59.1 Å². The topological polar surface area (TPSA) is 104 Å². The van der Waals surface area contributed by atoms with E-state index in [0.29, 0.717) is 20.7 Å². The molecule has 0 aliphatic heterocycles. The molecule has 0 aliphatic carbocycles. The fraction of sp³-hybridized carbons (Fsp3) is 0.105. The summed E-state index contributed by atoms with van der Waals surface area (Å²) in [5.41, 5.74) is 0.960. The van der Waals surface area contributed by atoms with Crippen molar-refractivity contribution in [3.05, 3.63) is 75.4 Å². The van der Waals surface area contributed by atoms with E-state index in [2.05, 4.69) is 26.3 Å². The lowest BCUT2D eigenvalue weighted by atomic mass is 10.0. The Labute approximate surface area is 173 Å². The largest absolute Gasteiger partial charge is 0.493 e. The number of aliphatic carboxylic acids is 1. The normalized spacial score (nSPS) is 11.8. The number of aromatic hydroxyl groups is 1. The zero-order chi connectivity index (χ0) is 20.3. The summed E-state index contributed by atoms with van der Waals surface area (Å²) in [5, 5.41) is 26.5. The molecule has 0 bridgehead atoms. The van der Waals surface area contributed by atoms with Gasteiger partial charge in [0.05, 0.1) is 23.2 Å². The third-order valence-corrected chi connectivity index (χ3v) is 5.01. The van der Waals surface area contributed by atoms with Crippen LogP contribution >= 0.6 is 27.5 Å². The molecule has 0 unspecified atom stereocenters. The smallest absolute Gasteiger partial charge is 0.305 e. The van der Waals surface area contributed by atoms with Crippen molar-refractivity contribution in [2.75, 3.05) is 0 Å². The molecule has 3 aromatic rings. The number of nitrogens with zero attached hydrogens (tertiary/aromatic N) is 2. The van der Waals surface area contributed by atoms with Crippen LogP contribution in [0.1, 0.15) is 28.5 Å². The summed E-state index contributed by atoms with van der Waals surface area (Å²) in [6, 6.07) is 14.1. The number of carboxylic acids is 1. The van der Waals surface area contributed by atoms with Crippen LogP contribution < -0.4 is 5.32 Å². The maximum absolute atomic E-state index is 12.7. The molecule has 0 aliphatic rings. The second kappa shape index (κ2) is 8.45. The number of benzene rings is 2. The molecule has 0 radical (unpaired) electrons. The van der Waals surface area contributed by atoms with Gasteiger partial charge in [0.15, 0.2) is 5.69 Å². The van der Waals surface area contributed by atoms with Crippen molar-refractivity contribution in [2.24, 2.45) is 0 Å². The Bertz CT molecular complexity index is 1040. The molecule has 7 nitrogen and oxygen atoms in total. The Hall–Kier alpha value is -2.84. The minimum atomic E-state index is -1.06. The first-order valence-corrected chi connectivity index (χ1v) is 9.35. The van der Waals surface area contributed by atoms with Crippen molar-refractivity contribution in [2.45, 2.75) is 12.5 Å². The first kappa shape index (κ1) is 19.9. The second-order valence-electron chi connectivity index (χ2n) is 5.90. The summed E-state index contributed by atoms with van der Waals surface area (Å²) < 4.78 is 1.81. The van der Waals surface area contributed by atoms with Crippen LogP contribution in [-0.2, 0) is 4.79 Å². The lowest BCUT2D eigenvalue weighted by Gasteiger charge is -2.18. The summed E-state index contributed by atoms with van der Waals surface area (Å²) >= 11 is 9.48. The summed E-state index contributed by atoms with van der Waals surface area (Å²) in [4.78, 5) is 23.9. The molecule has 0 spiro atoms. The number of carboxylic acid groups (broad SMARTS) is 1. The minimum Gasteiger partial charge on any atom is -0.493 e. The average Bonchev–Trinajstić information content (AvgIpc) is 3.03. The highest BCUT2D eigenvalue weighted by Gasteiger charge is 2.23. The van der Waals surface area contributed by atoms with Crippen LogP contribution in [0.2, 0.25) is 5.02 Å². The predicted octanol–water partition coefficient (Wildman–Crippen LogP) is 3.94. The van der Waals surface area contributed by atoms with Gasteiger partial charge in [0, 0.05) is 10.5 Å². The van der Waals surface area contributed by atoms with Crippen molar-refractivity contribution in [3.63, 3.8) is 0 Å². The molecule has 1 heterocycles. The van der Waals surface area contributed by atoms with Gasteiger partial charge in [0.25, 0.3) is 5.91 Å². The fourth-order valence-electron chi connectivity index (χ4n) is 2.69. The Balaban J connectivity index is 1.89. The van der Waals surface area contributed by atoms with Crippen molar-refractivity contribution in [3.8, 4) is 11.6 Å². The Morgan fingerprint density at radius 3 is 2.54 bits per heavy atom. The Morgan fingerprint density at radius 1 is 1.18 bits per heavy atom. The number of carbonyl (C=O) groups excluding carboxylic acids is 1. The van der Waals surface area contributed by atoms with Crippen molar-refractivity contribution in [1.82, 2.24) is 15.1 Å². The van der Waals surface area contributed by atoms with Crippen LogP contribution in [0.4, 0.5) is 0 Å². The molecule has 144 valence electrons. The van der Waals surface area contributed by atoms with Crippen LogP contribution in [0.5, 0.6) is 5.88 Å². The molecule has 1 aromatic heterocycles. The average molecular weight is 465 g/mol. The van der Waals surface area contributed by atoms with Gasteiger partial charge in [-0.2, -0.15) is 9.78 Å². The van der Waals surface area contributed by atoms with Gasteiger partial charge >= 0.3 is 5.97 Å². The third kappa shape index (κ3) is 4.35. The van der Waals surface area contributed by atoms with Gasteiger partial charge in [-0.25, -0.2) is 0 Å². The summed E-state index contributed by atoms with van der Waals surface area (Å²) in [6.07, 6.45) is -0.314. The van der Waals surface area contributed by atoms with E-state index in [-0.39, 0.29) is 18.0 Å². The molecule has 2 aromatic carbocycles. The van der Waals surface area contributed by atoms with Crippen LogP contribution in [-0.4, -0.2) is 31.9 Å². The van der Waals surface area contributed by atoms with E-state index < -0.39 is 17.9 Å². The molecular formula is C19H15BrClN3O4. The van der Waals surface area contributed by atoms with Crippen LogP contribution in [0, 0.1) is 0 Å². The summed E-state index contributed by atoms with van der Waals surface area (Å²) in [7, 11) is 0. The van der Waals surface area contributed by atoms with E-state index in [4.69, 9.17) is 11.6 Å². The quantitative estimate of drug-likeness (QED) is 0.512. The lowest BCUT2D eigenvalue weighted by Crippen LogP contribution is -2.30. The second-order valence-corrected chi connectivity index (χ2v) is 7.16. The molecule has 1 atom stereocenters. The van der Waals surface area contributed by atoms with E-state index in [1.807, 2.05) is 0 Å². The number of aromatic nitrogens is 2. The zero-order valence-electron chi connectivity index (χ0n) is 14.3. The number of halogens is 2. The van der Waals surface area contributed by atoms with Gasteiger partial charge in [-0.05, 0) is 23.8 Å². The molecule has 1 amide bonds. The lowest BCUT2D eigenvalue weighted by molar-refractivity contribution is -0.137. The molecule has 3 N–H and O–H groups in total. The number of hydrogen-bond donors (Lipinski definition) is 3. The van der Waals surface area contributed by atoms with Crippen molar-refractivity contribution >= 4 is 39.4 Å². The third-order valence-electron chi connectivity index (χ3n) is 3.97. The van der Waals surface area contributed by atoms with E-state index >= 15 is 0 Å². The Morgan fingerprint density at radius 2 is 1.86 bits per heavy atom. The van der Waals surface area contributed by atoms with E-state index in [0.717, 1.165) is 4.68 Å². The number of nitrogens with one attached hydrogen (secondary N) is 1. The highest BCUT2D eigenvalue weighted by Crippen LogP contribution is 2.27. The molecule has 28 heavy (non-hydrogen) atoms. The van der Waals surface area contributed by atoms with Gasteiger partial charge in [-0.3, -0.25) is 9.59 Å². The zero-order valence-corrected chi connectivity index (χ0v) is 16.7. The molecular weight excluding hydrogens is 450 g/mol. The van der Waals surface area contributed by atoms with E-state index in [1.165, 1.54) is 6.07 Å². The first-order valence-electron chi connectivity index (χ1n) is 8.18. The minimum absolute atomic E-state index is 0.0696. The number of rotatable bonds is 6. The Kier molecular flexibility index (Phi) is 6.01. The van der Waals surface area contributed by atoms with E-state index in [1.54, 1.807) is 48.5 Å². The highest BCUT2D eigenvalue weighted by atomic mass is 79.9. The van der Waals surface area contributed by atoms with Gasteiger partial charge < -0.3 is 15.5 Å². The highest BCUT2D eigenvalue weighted by molar-refractivity contribution is 9.10. The number of hydrogen-bond acceptors (Lipinski definition) is 4. The predicted molar refractivity (Wildman–Crippen MR) is 107 cm³/mol. The standard InChI is InChI=1S/C19H15BrClN3O4/c20-12-6-2-1-5-11(12)14(10-18(26)27)22-19(28)15-9-17(25)24(23-15)16-8-4-3-7-13(16)21/h1-9,14,25H,10H2,(H,22,28)(H,26,27)/t14-/m0/s1. The van der Waals surface area contributed by atoms with Gasteiger partial charge in [0.1, 0.15) is 0 Å². The van der Waals surface area contributed by atoms with Gasteiger partial charge in [0.2, 0.25) is 5.88 Å². The number of para-hydroxylation sites is 1. The maximum atomic E-state index is 12.7. The van der Waals surface area contributed by atoms with Crippen LogP contribution in [0.3, 0.4) is 0 Å². The van der Waals surface area contributed by atoms with Crippen LogP contribution in [0.25, 0.3) is 5.69 Å². The summed E-state index contributed by atoms with van der Waals surface area (Å²) in [6.45, 7) is 0. The number of amides is 1. The molecule has 0 saturated heterocycles. The van der Waals surface area contributed by atoms with Crippen molar-refractivity contribution in [1.29, 1.82) is 0 Å². The number of carbonyl (C=O) groups is 2. The van der Waals surface area contributed by atoms with Gasteiger partial charge in [-0.1, -0.05) is 57.9 Å². The molecule has 3 rings (SSSR count).